The van der Waals surface area contributed by atoms with E-state index in [2.05, 4.69) is 24.6 Å². The second-order valence-electron chi connectivity index (χ2n) is 3.07. The van der Waals surface area contributed by atoms with Crippen molar-refractivity contribution in [3.63, 3.8) is 0 Å². The van der Waals surface area contributed by atoms with Crippen molar-refractivity contribution in [3.8, 4) is 12.3 Å². The largest absolute Gasteiger partial charge is 0.285 e. The molecule has 1 rings (SSSR count). The van der Waals surface area contributed by atoms with Crippen LogP contribution in [0.15, 0.2) is 43.0 Å². The summed E-state index contributed by atoms with van der Waals surface area (Å²) in [6, 6.07) is 10.1. The maximum absolute atomic E-state index is 5.36. The Morgan fingerprint density at radius 3 is 2.73 bits per heavy atom. The Labute approximate surface area is 91.1 Å². The smallest absolute Gasteiger partial charge is 0.129 e. The summed E-state index contributed by atoms with van der Waals surface area (Å²) in [6.07, 6.45) is 6.93. The molecule has 0 amide bonds. The summed E-state index contributed by atoms with van der Waals surface area (Å²) in [6.45, 7) is 5.35. The van der Waals surface area contributed by atoms with Gasteiger partial charge in [-0.1, -0.05) is 42.3 Å². The van der Waals surface area contributed by atoms with E-state index in [9.17, 15) is 0 Å². The fraction of sp³-hybridized carbons (Fsp3) is 0.231. The predicted molar refractivity (Wildman–Crippen MR) is 61.8 cm³/mol. The molecule has 0 aliphatic heterocycles. The maximum Gasteiger partial charge on any atom is 0.129 e. The van der Waals surface area contributed by atoms with Crippen LogP contribution in [-0.4, -0.2) is 18.2 Å². The molecular formula is C13H15NO. The molecule has 0 aliphatic rings. The van der Waals surface area contributed by atoms with Crippen LogP contribution < -0.4 is 0 Å². The van der Waals surface area contributed by atoms with Crippen LogP contribution in [0.25, 0.3) is 0 Å². The number of hydrogen-bond acceptors (Lipinski definition) is 2. The van der Waals surface area contributed by atoms with Crippen molar-refractivity contribution in [2.24, 2.45) is 0 Å². The third kappa shape index (κ3) is 4.46. The molecule has 0 saturated heterocycles. The summed E-state index contributed by atoms with van der Waals surface area (Å²) in [5, 5.41) is 1.79. The van der Waals surface area contributed by atoms with Crippen LogP contribution in [0.4, 0.5) is 0 Å². The maximum atomic E-state index is 5.36. The molecule has 1 aromatic carbocycles. The molecule has 15 heavy (non-hydrogen) atoms. The molecule has 0 heterocycles. The minimum absolute atomic E-state index is 0.292. The second-order valence-corrected chi connectivity index (χ2v) is 3.07. The van der Waals surface area contributed by atoms with Gasteiger partial charge in [0.05, 0.1) is 0 Å². The van der Waals surface area contributed by atoms with Gasteiger partial charge in [0.2, 0.25) is 0 Å². The van der Waals surface area contributed by atoms with Gasteiger partial charge in [-0.25, -0.2) is 0 Å². The number of terminal acetylenes is 1. The Morgan fingerprint density at radius 2 is 2.13 bits per heavy atom. The lowest BCUT2D eigenvalue weighted by Gasteiger charge is -2.18. The first-order valence-corrected chi connectivity index (χ1v) is 4.83. The third-order valence-electron chi connectivity index (χ3n) is 1.86. The van der Waals surface area contributed by atoms with Crippen molar-refractivity contribution in [3.05, 3.63) is 48.6 Å². The van der Waals surface area contributed by atoms with E-state index in [4.69, 9.17) is 11.3 Å². The molecule has 1 aromatic rings. The van der Waals surface area contributed by atoms with Gasteiger partial charge in [0.25, 0.3) is 0 Å². The van der Waals surface area contributed by atoms with E-state index in [-0.39, 0.29) is 0 Å². The summed E-state index contributed by atoms with van der Waals surface area (Å²) in [5.41, 5.74) is 1.19. The molecule has 0 N–H and O–H groups in total. The van der Waals surface area contributed by atoms with Crippen LogP contribution in [-0.2, 0) is 11.4 Å². The number of rotatable bonds is 6. The topological polar surface area (TPSA) is 12.5 Å². The molecule has 0 bridgehead atoms. The van der Waals surface area contributed by atoms with E-state index in [1.165, 1.54) is 5.56 Å². The average Bonchev–Trinajstić information content (AvgIpc) is 2.28. The standard InChI is InChI=1S/C13H15NO/c1-3-10-14(15-11-4-2)12-13-8-6-5-7-9-13/h2-3,5-9H,1,10-12H2. The SMILES string of the molecule is C#CCON(CC=C)Cc1ccccc1. The minimum atomic E-state index is 0.292. The molecule has 2 heteroatoms. The monoisotopic (exact) mass is 201 g/mol. The lowest BCUT2D eigenvalue weighted by Crippen LogP contribution is -2.23. The Morgan fingerprint density at radius 1 is 1.40 bits per heavy atom. The van der Waals surface area contributed by atoms with Gasteiger partial charge >= 0.3 is 0 Å². The van der Waals surface area contributed by atoms with Crippen LogP contribution >= 0.6 is 0 Å². The lowest BCUT2D eigenvalue weighted by molar-refractivity contribution is -0.145. The molecule has 0 radical (unpaired) electrons. The molecule has 0 aromatic heterocycles. The molecular weight excluding hydrogens is 186 g/mol. The zero-order valence-corrected chi connectivity index (χ0v) is 8.73. The summed E-state index contributed by atoms with van der Waals surface area (Å²) in [7, 11) is 0. The van der Waals surface area contributed by atoms with Crippen LogP contribution in [0.2, 0.25) is 0 Å². The fourth-order valence-electron chi connectivity index (χ4n) is 1.22. The van der Waals surface area contributed by atoms with E-state index in [0.29, 0.717) is 19.7 Å². The molecule has 0 saturated carbocycles. The molecule has 0 spiro atoms. The number of benzene rings is 1. The molecule has 0 unspecified atom stereocenters. The van der Waals surface area contributed by atoms with Crippen molar-refractivity contribution in [2.75, 3.05) is 13.2 Å². The van der Waals surface area contributed by atoms with Crippen LogP contribution in [0.3, 0.4) is 0 Å². The van der Waals surface area contributed by atoms with E-state index in [1.54, 1.807) is 11.1 Å². The Hall–Kier alpha value is -1.56. The number of hydrogen-bond donors (Lipinski definition) is 0. The highest BCUT2D eigenvalue weighted by atomic mass is 16.7. The van der Waals surface area contributed by atoms with Crippen molar-refractivity contribution >= 4 is 0 Å². The van der Waals surface area contributed by atoms with Gasteiger partial charge in [-0.05, 0) is 5.56 Å². The van der Waals surface area contributed by atoms with Gasteiger partial charge in [-0.15, -0.1) is 13.0 Å². The second kappa shape index (κ2) is 6.83. The zero-order chi connectivity index (χ0) is 10.9. The summed E-state index contributed by atoms with van der Waals surface area (Å²) in [5.74, 6) is 2.44. The first-order valence-electron chi connectivity index (χ1n) is 4.83. The summed E-state index contributed by atoms with van der Waals surface area (Å²) >= 11 is 0. The van der Waals surface area contributed by atoms with E-state index in [1.807, 2.05) is 18.2 Å². The lowest BCUT2D eigenvalue weighted by atomic mass is 10.2. The number of hydroxylamine groups is 2. The van der Waals surface area contributed by atoms with Gasteiger partial charge in [-0.3, -0.25) is 4.84 Å². The van der Waals surface area contributed by atoms with Crippen molar-refractivity contribution in [1.29, 1.82) is 0 Å². The highest BCUT2D eigenvalue weighted by Gasteiger charge is 2.03. The Bertz CT molecular complexity index is 326. The highest BCUT2D eigenvalue weighted by Crippen LogP contribution is 2.04. The third-order valence-corrected chi connectivity index (χ3v) is 1.86. The molecule has 0 aliphatic carbocycles. The number of nitrogens with zero attached hydrogens (tertiary/aromatic N) is 1. The van der Waals surface area contributed by atoms with E-state index in [0.717, 1.165) is 0 Å². The minimum Gasteiger partial charge on any atom is -0.285 e. The molecule has 78 valence electrons. The van der Waals surface area contributed by atoms with Crippen LogP contribution in [0.1, 0.15) is 5.56 Å². The van der Waals surface area contributed by atoms with Crippen LogP contribution in [0.5, 0.6) is 0 Å². The zero-order valence-electron chi connectivity index (χ0n) is 8.73. The Balaban J connectivity index is 2.51. The van der Waals surface area contributed by atoms with Gasteiger partial charge < -0.3 is 0 Å². The molecule has 2 nitrogen and oxygen atoms in total. The van der Waals surface area contributed by atoms with Gasteiger partial charge in [0.15, 0.2) is 0 Å². The molecule has 0 atom stereocenters. The highest BCUT2D eigenvalue weighted by molar-refractivity contribution is 5.14. The van der Waals surface area contributed by atoms with Crippen molar-refractivity contribution in [1.82, 2.24) is 5.06 Å². The Kier molecular flexibility index (Phi) is 5.24. The quantitative estimate of drug-likeness (QED) is 0.397. The van der Waals surface area contributed by atoms with Crippen molar-refractivity contribution in [2.45, 2.75) is 6.54 Å². The van der Waals surface area contributed by atoms with Gasteiger partial charge in [0, 0.05) is 13.1 Å². The van der Waals surface area contributed by atoms with Gasteiger partial charge in [0.1, 0.15) is 6.61 Å². The summed E-state index contributed by atoms with van der Waals surface area (Å²) in [4.78, 5) is 5.36. The van der Waals surface area contributed by atoms with Gasteiger partial charge in [-0.2, -0.15) is 5.06 Å². The fourth-order valence-corrected chi connectivity index (χ4v) is 1.22. The predicted octanol–water partition coefficient (Wildman–Crippen LogP) is 2.24. The van der Waals surface area contributed by atoms with E-state index < -0.39 is 0 Å². The molecule has 0 fully saturated rings. The first-order chi connectivity index (χ1) is 7.36. The van der Waals surface area contributed by atoms with E-state index >= 15 is 0 Å². The van der Waals surface area contributed by atoms with Crippen LogP contribution in [0, 0.1) is 12.3 Å². The summed E-state index contributed by atoms with van der Waals surface area (Å²) < 4.78 is 0. The first kappa shape index (κ1) is 11.5. The normalized spacial score (nSPS) is 9.87. The van der Waals surface area contributed by atoms with Crippen molar-refractivity contribution < 1.29 is 4.84 Å². The average molecular weight is 201 g/mol.